The van der Waals surface area contributed by atoms with Crippen LogP contribution >= 0.6 is 0 Å². The minimum absolute atomic E-state index is 0.0124. The third-order valence-electron chi connectivity index (χ3n) is 2.58. The lowest BCUT2D eigenvalue weighted by atomic mass is 10.3. The second-order valence-corrected chi connectivity index (χ2v) is 6.35. The zero-order chi connectivity index (χ0) is 15.9. The van der Waals surface area contributed by atoms with Crippen LogP contribution in [0.4, 0.5) is 0 Å². The van der Waals surface area contributed by atoms with E-state index in [0.717, 1.165) is 4.31 Å². The number of rotatable bonds is 6. The van der Waals surface area contributed by atoms with Gasteiger partial charge in [0.1, 0.15) is 4.90 Å². The van der Waals surface area contributed by atoms with E-state index in [1.54, 1.807) is 0 Å². The van der Waals surface area contributed by atoms with E-state index in [2.05, 4.69) is 16.8 Å². The number of pyridine rings is 1. The van der Waals surface area contributed by atoms with Gasteiger partial charge < -0.3 is 15.6 Å². The number of aliphatic hydroxyl groups is 1. The first-order valence-corrected chi connectivity index (χ1v) is 7.63. The van der Waals surface area contributed by atoms with Gasteiger partial charge in [0.25, 0.3) is 0 Å². The van der Waals surface area contributed by atoms with E-state index in [0.29, 0.717) is 5.56 Å². The van der Waals surface area contributed by atoms with Gasteiger partial charge in [-0.2, -0.15) is 4.31 Å². The molecule has 3 N–H and O–H groups in total. The first-order chi connectivity index (χ1) is 9.91. The Morgan fingerprint density at radius 2 is 2.24 bits per heavy atom. The number of ether oxygens (including phenoxy) is 1. The molecule has 7 nitrogen and oxygen atoms in total. The third kappa shape index (κ3) is 5.08. The molecule has 1 aromatic rings. The molecule has 1 unspecified atom stereocenters. The van der Waals surface area contributed by atoms with E-state index in [-0.39, 0.29) is 24.6 Å². The monoisotopic (exact) mass is 313 g/mol. The van der Waals surface area contributed by atoms with Crippen LogP contribution in [0.3, 0.4) is 0 Å². The number of nitrogens with two attached hydrogens (primary N) is 1. The minimum atomic E-state index is -3.74. The number of likely N-dealkylation sites (N-methyl/N-ethyl adjacent to an activating group) is 1. The van der Waals surface area contributed by atoms with Crippen molar-refractivity contribution in [2.24, 2.45) is 5.73 Å². The van der Waals surface area contributed by atoms with E-state index in [1.807, 2.05) is 0 Å². The standard InChI is InChI=1S/C13H19N3O4S/c1-16(9-12(17)10-20-2)21(18,19)13-6-11(4-3-5-14)7-15-8-13/h6-8,12,17H,5,9-10,14H2,1-2H3. The normalized spacial score (nSPS) is 12.8. The van der Waals surface area contributed by atoms with Gasteiger partial charge in [-0.3, -0.25) is 4.98 Å². The van der Waals surface area contributed by atoms with Crippen molar-refractivity contribution >= 4 is 10.0 Å². The van der Waals surface area contributed by atoms with Gasteiger partial charge in [0.2, 0.25) is 10.0 Å². The second-order valence-electron chi connectivity index (χ2n) is 4.31. The Bertz CT molecular complexity index is 622. The molecule has 21 heavy (non-hydrogen) atoms. The second kappa shape index (κ2) is 8.07. The molecule has 1 atom stereocenters. The van der Waals surface area contributed by atoms with Gasteiger partial charge in [0, 0.05) is 38.7 Å². The maximum absolute atomic E-state index is 12.4. The molecular formula is C13H19N3O4S. The first-order valence-electron chi connectivity index (χ1n) is 6.19. The molecule has 0 amide bonds. The fourth-order valence-corrected chi connectivity index (χ4v) is 2.80. The molecule has 0 radical (unpaired) electrons. The van der Waals surface area contributed by atoms with Crippen LogP contribution in [-0.4, -0.2) is 62.8 Å². The maximum atomic E-state index is 12.4. The average Bonchev–Trinajstić information content (AvgIpc) is 2.45. The van der Waals surface area contributed by atoms with E-state index < -0.39 is 16.1 Å². The van der Waals surface area contributed by atoms with Crippen molar-refractivity contribution in [1.29, 1.82) is 0 Å². The molecule has 0 saturated carbocycles. The molecule has 116 valence electrons. The maximum Gasteiger partial charge on any atom is 0.244 e. The molecule has 0 bridgehead atoms. The van der Waals surface area contributed by atoms with Gasteiger partial charge >= 0.3 is 0 Å². The van der Waals surface area contributed by atoms with Crippen molar-refractivity contribution in [3.63, 3.8) is 0 Å². The zero-order valence-corrected chi connectivity index (χ0v) is 12.8. The first kappa shape index (κ1) is 17.6. The summed E-state index contributed by atoms with van der Waals surface area (Å²) in [7, 11) is -0.930. The summed E-state index contributed by atoms with van der Waals surface area (Å²) in [5.41, 5.74) is 5.74. The molecule has 1 aromatic heterocycles. The van der Waals surface area contributed by atoms with Gasteiger partial charge in [-0.25, -0.2) is 8.42 Å². The zero-order valence-electron chi connectivity index (χ0n) is 12.0. The highest BCUT2D eigenvalue weighted by atomic mass is 32.2. The van der Waals surface area contributed by atoms with Crippen molar-refractivity contribution in [2.45, 2.75) is 11.0 Å². The third-order valence-corrected chi connectivity index (χ3v) is 4.37. The van der Waals surface area contributed by atoms with Crippen LogP contribution in [-0.2, 0) is 14.8 Å². The molecule has 8 heteroatoms. The van der Waals surface area contributed by atoms with E-state index in [1.165, 1.54) is 32.6 Å². The quantitative estimate of drug-likeness (QED) is 0.654. The summed E-state index contributed by atoms with van der Waals surface area (Å²) in [5.74, 6) is 5.36. The number of hydrogen-bond donors (Lipinski definition) is 2. The average molecular weight is 313 g/mol. The van der Waals surface area contributed by atoms with E-state index in [9.17, 15) is 13.5 Å². The highest BCUT2D eigenvalue weighted by molar-refractivity contribution is 7.89. The molecule has 0 aromatic carbocycles. The van der Waals surface area contributed by atoms with E-state index in [4.69, 9.17) is 10.5 Å². The Labute approximate surface area is 124 Å². The molecule has 1 heterocycles. The van der Waals surface area contributed by atoms with Crippen molar-refractivity contribution in [2.75, 3.05) is 33.9 Å². The molecule has 0 aliphatic rings. The molecule has 0 aliphatic carbocycles. The fraction of sp³-hybridized carbons (Fsp3) is 0.462. The van der Waals surface area contributed by atoms with Crippen LogP contribution in [0.2, 0.25) is 0 Å². The smallest absolute Gasteiger partial charge is 0.244 e. The molecule has 1 rings (SSSR count). The molecule has 0 saturated heterocycles. The highest BCUT2D eigenvalue weighted by Gasteiger charge is 2.23. The predicted octanol–water partition coefficient (Wildman–Crippen LogP) is -0.980. The molecule has 0 aliphatic heterocycles. The van der Waals surface area contributed by atoms with Gasteiger partial charge in [-0.15, -0.1) is 0 Å². The van der Waals surface area contributed by atoms with Crippen LogP contribution in [0.15, 0.2) is 23.4 Å². The van der Waals surface area contributed by atoms with Crippen LogP contribution in [0.1, 0.15) is 5.56 Å². The summed E-state index contributed by atoms with van der Waals surface area (Å²) in [5, 5.41) is 9.62. The van der Waals surface area contributed by atoms with Crippen molar-refractivity contribution in [3.8, 4) is 11.8 Å². The summed E-state index contributed by atoms with van der Waals surface area (Å²) >= 11 is 0. The molecular weight excluding hydrogens is 294 g/mol. The Kier molecular flexibility index (Phi) is 6.74. The summed E-state index contributed by atoms with van der Waals surface area (Å²) in [6, 6.07) is 1.42. The Balaban J connectivity index is 2.96. The predicted molar refractivity (Wildman–Crippen MR) is 77.9 cm³/mol. The summed E-state index contributed by atoms with van der Waals surface area (Å²) in [6.07, 6.45) is 1.80. The summed E-state index contributed by atoms with van der Waals surface area (Å²) in [6.45, 7) is 0.162. The SMILES string of the molecule is COCC(O)CN(C)S(=O)(=O)c1cncc(C#CCN)c1. The van der Waals surface area contributed by atoms with Gasteiger partial charge in [-0.05, 0) is 6.07 Å². The number of sulfonamides is 1. The Morgan fingerprint density at radius 1 is 1.52 bits per heavy atom. The number of nitrogens with zero attached hydrogens (tertiary/aromatic N) is 2. The Morgan fingerprint density at radius 3 is 2.86 bits per heavy atom. The highest BCUT2D eigenvalue weighted by Crippen LogP contribution is 2.14. The largest absolute Gasteiger partial charge is 0.389 e. The number of aliphatic hydroxyl groups excluding tert-OH is 1. The van der Waals surface area contributed by atoms with Crippen LogP contribution in [0.25, 0.3) is 0 Å². The topological polar surface area (TPSA) is 106 Å². The minimum Gasteiger partial charge on any atom is -0.389 e. The summed E-state index contributed by atoms with van der Waals surface area (Å²) in [4.78, 5) is 3.88. The van der Waals surface area contributed by atoms with Gasteiger partial charge in [-0.1, -0.05) is 11.8 Å². The van der Waals surface area contributed by atoms with Crippen LogP contribution in [0, 0.1) is 11.8 Å². The Hall–Kier alpha value is -1.50. The van der Waals surface area contributed by atoms with Crippen molar-refractivity contribution < 1.29 is 18.3 Å². The van der Waals surface area contributed by atoms with Gasteiger partial charge in [0.05, 0.1) is 19.3 Å². The van der Waals surface area contributed by atoms with Crippen LogP contribution < -0.4 is 5.73 Å². The van der Waals surface area contributed by atoms with E-state index >= 15 is 0 Å². The molecule has 0 fully saturated rings. The number of aromatic nitrogens is 1. The van der Waals surface area contributed by atoms with Crippen molar-refractivity contribution in [3.05, 3.63) is 24.0 Å². The van der Waals surface area contributed by atoms with Gasteiger partial charge in [0.15, 0.2) is 0 Å². The summed E-state index contributed by atoms with van der Waals surface area (Å²) < 4.78 is 30.5. The fourth-order valence-electron chi connectivity index (χ4n) is 1.60. The van der Waals surface area contributed by atoms with Crippen molar-refractivity contribution in [1.82, 2.24) is 9.29 Å². The van der Waals surface area contributed by atoms with Crippen LogP contribution in [0.5, 0.6) is 0 Å². The lowest BCUT2D eigenvalue weighted by molar-refractivity contribution is 0.0554. The lowest BCUT2D eigenvalue weighted by Gasteiger charge is -2.20. The molecule has 0 spiro atoms. The number of methoxy groups -OCH3 is 1. The lowest BCUT2D eigenvalue weighted by Crippen LogP contribution is -2.36. The number of hydrogen-bond acceptors (Lipinski definition) is 6.